The van der Waals surface area contributed by atoms with Gasteiger partial charge in [-0.2, -0.15) is 0 Å². The predicted octanol–water partition coefficient (Wildman–Crippen LogP) is 4.20. The first kappa shape index (κ1) is 11.4. The zero-order chi connectivity index (χ0) is 11.7. The van der Waals surface area contributed by atoms with Crippen LogP contribution in [-0.4, -0.2) is 12.6 Å². The van der Waals surface area contributed by atoms with Crippen LogP contribution in [0, 0.1) is 5.92 Å². The molecule has 1 unspecified atom stereocenters. The molecule has 0 bridgehead atoms. The van der Waals surface area contributed by atoms with Crippen LogP contribution in [0.5, 0.6) is 5.75 Å². The normalized spacial score (nSPS) is 23.9. The third kappa shape index (κ3) is 2.44. The highest BCUT2D eigenvalue weighted by Crippen LogP contribution is 2.38. The van der Waals surface area contributed by atoms with E-state index in [4.69, 9.17) is 4.74 Å². The molecule has 92 valence electrons. The van der Waals surface area contributed by atoms with E-state index in [2.05, 4.69) is 27.3 Å². The third-order valence-electron chi connectivity index (χ3n) is 3.84. The number of rotatable bonds is 2. The fourth-order valence-electron chi connectivity index (χ4n) is 2.95. The van der Waals surface area contributed by atoms with Crippen molar-refractivity contribution in [2.45, 2.75) is 38.2 Å². The molecule has 3 rings (SSSR count). The van der Waals surface area contributed by atoms with E-state index in [1.807, 2.05) is 12.1 Å². The molecule has 0 amide bonds. The zero-order valence-corrected chi connectivity index (χ0v) is 11.5. The summed E-state index contributed by atoms with van der Waals surface area (Å²) in [5.74, 6) is 1.87. The molecule has 0 aromatic heterocycles. The lowest BCUT2D eigenvalue weighted by Gasteiger charge is -2.29. The second kappa shape index (κ2) is 4.89. The first-order chi connectivity index (χ1) is 8.33. The molecule has 2 aliphatic rings. The van der Waals surface area contributed by atoms with Gasteiger partial charge in [-0.05, 0) is 40.4 Å². The Hall–Kier alpha value is -0.700. The lowest BCUT2D eigenvalue weighted by molar-refractivity contribution is 0.171. The van der Waals surface area contributed by atoms with E-state index >= 15 is 0 Å². The number of fused-ring (bicyclic) bond motifs is 1. The van der Waals surface area contributed by atoms with E-state index in [0.29, 0.717) is 6.10 Å². The first-order valence-electron chi connectivity index (χ1n) is 6.52. The van der Waals surface area contributed by atoms with Crippen molar-refractivity contribution in [3.63, 3.8) is 0 Å². The largest absolute Gasteiger partial charge is 0.485 e. The first-order valence-corrected chi connectivity index (χ1v) is 7.31. The molecule has 1 heterocycles. The van der Waals surface area contributed by atoms with Crippen LogP contribution in [-0.2, 0) is 0 Å². The van der Waals surface area contributed by atoms with E-state index in [1.54, 1.807) is 0 Å². The van der Waals surface area contributed by atoms with Crippen molar-refractivity contribution >= 4 is 21.6 Å². The van der Waals surface area contributed by atoms with Crippen LogP contribution < -0.4 is 10.1 Å². The molecule has 1 atom stereocenters. The van der Waals surface area contributed by atoms with Gasteiger partial charge in [-0.3, -0.25) is 0 Å². The van der Waals surface area contributed by atoms with Gasteiger partial charge < -0.3 is 10.1 Å². The van der Waals surface area contributed by atoms with Gasteiger partial charge in [-0.25, -0.2) is 0 Å². The number of hydrogen-bond donors (Lipinski definition) is 1. The average molecular weight is 296 g/mol. The molecule has 1 aromatic rings. The summed E-state index contributed by atoms with van der Waals surface area (Å²) < 4.78 is 7.17. The molecule has 1 fully saturated rings. The summed E-state index contributed by atoms with van der Waals surface area (Å²) in [6, 6.07) is 6.15. The van der Waals surface area contributed by atoms with Crippen LogP contribution in [0.3, 0.4) is 0 Å². The standard InChI is InChI=1S/C14H18BrNO/c15-12-6-3-7-13-14(12)17-11(9-16-13)8-10-4-1-2-5-10/h3,6-7,10-11,16H,1-2,4-5,8-9H2. The van der Waals surface area contributed by atoms with Gasteiger partial charge >= 0.3 is 0 Å². The number of benzene rings is 1. The van der Waals surface area contributed by atoms with Crippen molar-refractivity contribution in [1.29, 1.82) is 0 Å². The van der Waals surface area contributed by atoms with E-state index in [1.165, 1.54) is 32.1 Å². The Morgan fingerprint density at radius 1 is 1.29 bits per heavy atom. The topological polar surface area (TPSA) is 21.3 Å². The minimum atomic E-state index is 0.337. The quantitative estimate of drug-likeness (QED) is 0.883. The molecule has 1 aliphatic heterocycles. The van der Waals surface area contributed by atoms with Gasteiger partial charge in [-0.1, -0.05) is 31.7 Å². The van der Waals surface area contributed by atoms with Crippen molar-refractivity contribution in [3.8, 4) is 5.75 Å². The second-order valence-corrected chi connectivity index (χ2v) is 5.98. The number of anilines is 1. The maximum absolute atomic E-state index is 6.12. The number of nitrogens with one attached hydrogen (secondary N) is 1. The number of hydrogen-bond acceptors (Lipinski definition) is 2. The highest BCUT2D eigenvalue weighted by atomic mass is 79.9. The van der Waals surface area contributed by atoms with E-state index in [-0.39, 0.29) is 0 Å². The smallest absolute Gasteiger partial charge is 0.157 e. The summed E-state index contributed by atoms with van der Waals surface area (Å²) in [6.45, 7) is 0.944. The van der Waals surface area contributed by atoms with Crippen LogP contribution in [0.25, 0.3) is 0 Å². The van der Waals surface area contributed by atoms with Gasteiger partial charge in [0.1, 0.15) is 6.10 Å². The van der Waals surface area contributed by atoms with E-state index < -0.39 is 0 Å². The van der Waals surface area contributed by atoms with Crippen LogP contribution in [0.15, 0.2) is 22.7 Å². The van der Waals surface area contributed by atoms with Crippen LogP contribution in [0.4, 0.5) is 5.69 Å². The maximum Gasteiger partial charge on any atom is 0.157 e. The monoisotopic (exact) mass is 295 g/mol. The van der Waals surface area contributed by atoms with Crippen molar-refractivity contribution < 1.29 is 4.74 Å². The van der Waals surface area contributed by atoms with Crippen LogP contribution in [0.2, 0.25) is 0 Å². The van der Waals surface area contributed by atoms with Gasteiger partial charge in [0.2, 0.25) is 0 Å². The summed E-state index contributed by atoms with van der Waals surface area (Å²) in [5.41, 5.74) is 1.11. The molecule has 2 nitrogen and oxygen atoms in total. The number of ether oxygens (including phenoxy) is 1. The molecule has 1 N–H and O–H groups in total. The minimum absolute atomic E-state index is 0.337. The Kier molecular flexibility index (Phi) is 3.28. The summed E-state index contributed by atoms with van der Waals surface area (Å²) in [4.78, 5) is 0. The highest BCUT2D eigenvalue weighted by molar-refractivity contribution is 9.10. The Morgan fingerprint density at radius 3 is 2.94 bits per heavy atom. The van der Waals surface area contributed by atoms with Gasteiger partial charge in [0.15, 0.2) is 5.75 Å². The van der Waals surface area contributed by atoms with Gasteiger partial charge in [0.25, 0.3) is 0 Å². The predicted molar refractivity (Wildman–Crippen MR) is 73.6 cm³/mol. The summed E-state index contributed by atoms with van der Waals surface area (Å²) >= 11 is 3.56. The highest BCUT2D eigenvalue weighted by Gasteiger charge is 2.25. The zero-order valence-electron chi connectivity index (χ0n) is 9.92. The Morgan fingerprint density at radius 2 is 2.12 bits per heavy atom. The Balaban J connectivity index is 1.69. The second-order valence-electron chi connectivity index (χ2n) is 5.12. The van der Waals surface area contributed by atoms with E-state index in [0.717, 1.165) is 28.4 Å². The molecular formula is C14H18BrNO. The van der Waals surface area contributed by atoms with Gasteiger partial charge in [0.05, 0.1) is 16.7 Å². The Labute approximate surface area is 111 Å². The SMILES string of the molecule is Brc1cccc2c1OC(CC1CCCC1)CN2. The fourth-order valence-corrected chi connectivity index (χ4v) is 3.41. The molecule has 0 saturated heterocycles. The third-order valence-corrected chi connectivity index (χ3v) is 4.47. The van der Waals surface area contributed by atoms with Crippen LogP contribution >= 0.6 is 15.9 Å². The molecule has 0 radical (unpaired) electrons. The number of halogens is 1. The maximum atomic E-state index is 6.12. The lowest BCUT2D eigenvalue weighted by atomic mass is 9.99. The number of para-hydroxylation sites is 1. The minimum Gasteiger partial charge on any atom is -0.485 e. The average Bonchev–Trinajstić information content (AvgIpc) is 2.83. The molecule has 3 heteroatoms. The summed E-state index contributed by atoms with van der Waals surface area (Å²) in [6.07, 6.45) is 7.14. The molecule has 17 heavy (non-hydrogen) atoms. The molecule has 1 aromatic carbocycles. The van der Waals surface area contributed by atoms with Crippen molar-refractivity contribution in [2.75, 3.05) is 11.9 Å². The Bertz CT molecular complexity index is 401. The molecule has 1 aliphatic carbocycles. The summed E-state index contributed by atoms with van der Waals surface area (Å²) in [7, 11) is 0. The van der Waals surface area contributed by atoms with Crippen molar-refractivity contribution in [3.05, 3.63) is 22.7 Å². The summed E-state index contributed by atoms with van der Waals surface area (Å²) in [5, 5.41) is 3.47. The van der Waals surface area contributed by atoms with Gasteiger partial charge in [-0.15, -0.1) is 0 Å². The van der Waals surface area contributed by atoms with E-state index in [9.17, 15) is 0 Å². The lowest BCUT2D eigenvalue weighted by Crippen LogP contribution is -2.32. The van der Waals surface area contributed by atoms with Gasteiger partial charge in [0, 0.05) is 0 Å². The van der Waals surface area contributed by atoms with Crippen molar-refractivity contribution in [2.24, 2.45) is 5.92 Å². The molecule has 0 spiro atoms. The molecular weight excluding hydrogens is 278 g/mol. The fraction of sp³-hybridized carbons (Fsp3) is 0.571. The van der Waals surface area contributed by atoms with Crippen LogP contribution in [0.1, 0.15) is 32.1 Å². The molecule has 1 saturated carbocycles. The van der Waals surface area contributed by atoms with Crippen molar-refractivity contribution in [1.82, 2.24) is 0 Å².